The number of aromatic nitrogens is 4. The minimum atomic E-state index is -0.701. The molecule has 0 aliphatic heterocycles. The third-order valence-corrected chi connectivity index (χ3v) is 8.14. The number of ether oxygens (including phenoxy) is 2. The quantitative estimate of drug-likeness (QED) is 0.0934. The van der Waals surface area contributed by atoms with E-state index in [1.807, 2.05) is 64.1 Å². The van der Waals surface area contributed by atoms with E-state index < -0.39 is 11.9 Å². The standard InChI is InChI=1S/2C20H19N3O4.Co/c2*1-12-8-9-16(13(2)10-12)23-19(25)14(18(22-23)20(26)27-3)11-21-15-6-4-5-7-17(15)24;/h2*4-11,24-25H,1-3H3;. The molecule has 6 aromatic rings. The van der Waals surface area contributed by atoms with Gasteiger partial charge in [0.1, 0.15) is 22.9 Å². The van der Waals surface area contributed by atoms with E-state index in [0.717, 1.165) is 22.3 Å². The van der Waals surface area contributed by atoms with Gasteiger partial charge in [0.2, 0.25) is 11.8 Å². The second-order valence-corrected chi connectivity index (χ2v) is 12.1. The summed E-state index contributed by atoms with van der Waals surface area (Å²) in [6.45, 7) is 7.70. The van der Waals surface area contributed by atoms with Crippen molar-refractivity contribution in [2.24, 2.45) is 9.98 Å². The number of carbonyl (C=O) groups excluding carboxylic acids is 2. The second-order valence-electron chi connectivity index (χ2n) is 12.1. The normalized spacial score (nSPS) is 10.9. The van der Waals surface area contributed by atoms with Crippen LogP contribution in [0.3, 0.4) is 0 Å². The molecule has 0 saturated carbocycles. The molecule has 0 atom stereocenters. The Morgan fingerprint density at radius 3 is 1.29 bits per heavy atom. The van der Waals surface area contributed by atoms with Gasteiger partial charge in [0.05, 0.1) is 36.7 Å². The third kappa shape index (κ3) is 9.09. The number of aromatic hydroxyl groups is 4. The molecule has 0 aliphatic rings. The van der Waals surface area contributed by atoms with Crippen LogP contribution < -0.4 is 0 Å². The molecule has 0 bridgehead atoms. The zero-order valence-electron chi connectivity index (χ0n) is 30.7. The predicted molar refractivity (Wildman–Crippen MR) is 203 cm³/mol. The molecule has 4 aromatic carbocycles. The van der Waals surface area contributed by atoms with Gasteiger partial charge < -0.3 is 29.9 Å². The fraction of sp³-hybridized carbons (Fsp3) is 0.150. The minimum Gasteiger partial charge on any atom is -0.506 e. The molecule has 1 radical (unpaired) electrons. The van der Waals surface area contributed by atoms with Crippen LogP contribution in [-0.4, -0.2) is 78.6 Å². The van der Waals surface area contributed by atoms with Gasteiger partial charge in [-0.25, -0.2) is 9.59 Å². The molecule has 0 spiro atoms. The fourth-order valence-corrected chi connectivity index (χ4v) is 5.41. The molecule has 15 heteroatoms. The number of aryl methyl sites for hydroxylation is 4. The van der Waals surface area contributed by atoms with Crippen molar-refractivity contribution < 1.29 is 56.3 Å². The van der Waals surface area contributed by atoms with E-state index in [1.54, 1.807) is 36.4 Å². The number of methoxy groups -OCH3 is 2. The second kappa shape index (κ2) is 17.9. The maximum absolute atomic E-state index is 12.1. The third-order valence-electron chi connectivity index (χ3n) is 8.14. The van der Waals surface area contributed by atoms with E-state index in [9.17, 15) is 30.0 Å². The maximum atomic E-state index is 12.1. The first-order valence-electron chi connectivity index (χ1n) is 16.4. The van der Waals surface area contributed by atoms with Crippen molar-refractivity contribution in [1.29, 1.82) is 0 Å². The zero-order valence-corrected chi connectivity index (χ0v) is 31.7. The summed E-state index contributed by atoms with van der Waals surface area (Å²) in [7, 11) is 2.47. The average molecular weight is 790 g/mol. The van der Waals surface area contributed by atoms with E-state index in [4.69, 9.17) is 9.47 Å². The molecule has 0 fully saturated rings. The van der Waals surface area contributed by atoms with Crippen LogP contribution in [0.1, 0.15) is 54.4 Å². The van der Waals surface area contributed by atoms with E-state index in [-0.39, 0.29) is 62.6 Å². The average Bonchev–Trinajstić information content (AvgIpc) is 3.65. The minimum absolute atomic E-state index is 0. The van der Waals surface area contributed by atoms with Gasteiger partial charge in [0.15, 0.2) is 11.4 Å². The predicted octanol–water partition coefficient (Wildman–Crippen LogP) is 6.87. The Morgan fingerprint density at radius 1 is 0.600 bits per heavy atom. The van der Waals surface area contributed by atoms with Crippen LogP contribution in [0.2, 0.25) is 0 Å². The molecule has 55 heavy (non-hydrogen) atoms. The number of carbonyl (C=O) groups is 2. The van der Waals surface area contributed by atoms with Gasteiger partial charge in [-0.05, 0) is 75.2 Å². The van der Waals surface area contributed by atoms with Crippen molar-refractivity contribution in [3.63, 3.8) is 0 Å². The Morgan fingerprint density at radius 2 is 0.964 bits per heavy atom. The summed E-state index contributed by atoms with van der Waals surface area (Å²) in [5, 5.41) is 49.5. The smallest absolute Gasteiger partial charge is 0.359 e. The first kappa shape index (κ1) is 41.0. The van der Waals surface area contributed by atoms with Crippen LogP contribution in [0.4, 0.5) is 11.4 Å². The topological polar surface area (TPSA) is 194 Å². The molecule has 285 valence electrons. The van der Waals surface area contributed by atoms with Crippen LogP contribution >= 0.6 is 0 Å². The van der Waals surface area contributed by atoms with Crippen molar-refractivity contribution in [2.75, 3.05) is 14.2 Å². The molecule has 0 amide bonds. The Hall–Kier alpha value is -6.71. The largest absolute Gasteiger partial charge is 0.506 e. The van der Waals surface area contributed by atoms with Gasteiger partial charge in [-0.15, -0.1) is 0 Å². The number of benzene rings is 4. The monoisotopic (exact) mass is 789 g/mol. The van der Waals surface area contributed by atoms with Crippen molar-refractivity contribution in [3.05, 3.63) is 130 Å². The number of phenolic OH excluding ortho intramolecular Hbond substituents is 2. The van der Waals surface area contributed by atoms with E-state index in [0.29, 0.717) is 22.7 Å². The molecule has 0 saturated heterocycles. The van der Waals surface area contributed by atoms with Crippen molar-refractivity contribution >= 4 is 35.7 Å². The van der Waals surface area contributed by atoms with Gasteiger partial charge >= 0.3 is 11.9 Å². The van der Waals surface area contributed by atoms with E-state index >= 15 is 0 Å². The molecule has 2 heterocycles. The van der Waals surface area contributed by atoms with Crippen LogP contribution in [0.15, 0.2) is 94.9 Å². The van der Waals surface area contributed by atoms with E-state index in [1.165, 1.54) is 48.1 Å². The summed E-state index contributed by atoms with van der Waals surface area (Å²) in [5.74, 6) is -1.94. The number of phenols is 2. The van der Waals surface area contributed by atoms with Crippen LogP contribution in [-0.2, 0) is 26.3 Å². The van der Waals surface area contributed by atoms with E-state index in [2.05, 4.69) is 20.2 Å². The van der Waals surface area contributed by atoms with Crippen molar-refractivity contribution in [1.82, 2.24) is 19.6 Å². The molecular formula is C40H38CoN6O8. The summed E-state index contributed by atoms with van der Waals surface area (Å²) < 4.78 is 12.1. The number of hydrogen-bond acceptors (Lipinski definition) is 12. The number of aliphatic imine (C=N–C) groups is 2. The molecule has 0 aliphatic carbocycles. The summed E-state index contributed by atoms with van der Waals surface area (Å²) in [4.78, 5) is 32.6. The maximum Gasteiger partial charge on any atom is 0.359 e. The first-order chi connectivity index (χ1) is 25.8. The number of rotatable bonds is 8. The Kier molecular flexibility index (Phi) is 13.3. The molecule has 6 rings (SSSR count). The molecule has 4 N–H and O–H groups in total. The van der Waals surface area contributed by atoms with Gasteiger partial charge in [0, 0.05) is 29.2 Å². The summed E-state index contributed by atoms with van der Waals surface area (Å²) in [6, 6.07) is 24.3. The van der Waals surface area contributed by atoms with Crippen molar-refractivity contribution in [2.45, 2.75) is 27.7 Å². The Bertz CT molecular complexity index is 2250. The molecular weight excluding hydrogens is 751 g/mol. The Labute approximate surface area is 326 Å². The number of esters is 2. The summed E-state index contributed by atoms with van der Waals surface area (Å²) >= 11 is 0. The fourth-order valence-electron chi connectivity index (χ4n) is 5.41. The van der Waals surface area contributed by atoms with Crippen molar-refractivity contribution in [3.8, 4) is 34.6 Å². The van der Waals surface area contributed by atoms with Crippen LogP contribution in [0, 0.1) is 27.7 Å². The van der Waals surface area contributed by atoms with Crippen LogP contribution in [0.25, 0.3) is 11.4 Å². The SMILES string of the molecule is COC(=O)c1nn(-c2ccc(C)cc2C)c(O)c1C=Nc1ccccc1O.COC(=O)c1nn(-c2ccc(C)cc2C)c(O)c1C=Nc1ccccc1O.[Co]. The summed E-state index contributed by atoms with van der Waals surface area (Å²) in [5.41, 5.74) is 5.81. The number of para-hydroxylation sites is 4. The Balaban J connectivity index is 0.000000240. The number of nitrogens with zero attached hydrogens (tertiary/aromatic N) is 6. The van der Waals surface area contributed by atoms with Gasteiger partial charge in [-0.1, -0.05) is 59.7 Å². The van der Waals surface area contributed by atoms with Crippen LogP contribution in [0.5, 0.6) is 23.3 Å². The van der Waals surface area contributed by atoms with Gasteiger partial charge in [0.25, 0.3) is 0 Å². The molecule has 14 nitrogen and oxygen atoms in total. The first-order valence-corrected chi connectivity index (χ1v) is 16.4. The molecule has 2 aromatic heterocycles. The summed E-state index contributed by atoms with van der Waals surface area (Å²) in [6.07, 6.45) is 2.56. The zero-order chi connectivity index (χ0) is 39.1. The number of hydrogen-bond donors (Lipinski definition) is 4. The van der Waals surface area contributed by atoms with Gasteiger partial charge in [-0.3, -0.25) is 9.98 Å². The molecule has 0 unspecified atom stereocenters. The van der Waals surface area contributed by atoms with Gasteiger partial charge in [-0.2, -0.15) is 19.6 Å².